The van der Waals surface area contributed by atoms with Gasteiger partial charge in [-0.05, 0) is 126 Å². The van der Waals surface area contributed by atoms with Crippen molar-refractivity contribution in [2.45, 2.75) is 192 Å². The quantitative estimate of drug-likeness (QED) is 0.0808. The summed E-state index contributed by atoms with van der Waals surface area (Å²) in [6.07, 6.45) is 7.84. The fourth-order valence-corrected chi connectivity index (χ4v) is 17.1. The molecular formula is C37H68N10O13S4. The molecule has 0 aromatic carbocycles. The predicted molar refractivity (Wildman–Crippen MR) is 233 cm³/mol. The van der Waals surface area contributed by atoms with Gasteiger partial charge in [0, 0.05) is 18.6 Å². The van der Waals surface area contributed by atoms with E-state index in [-0.39, 0.29) is 88.2 Å². The molecule has 12 unspecified atom stereocenters. The Kier molecular flexibility index (Phi) is 16.6. The maximum absolute atomic E-state index is 12.4. The van der Waals surface area contributed by atoms with Crippen molar-refractivity contribution in [2.75, 3.05) is 13.2 Å². The van der Waals surface area contributed by atoms with Crippen molar-refractivity contribution in [3.8, 4) is 0 Å². The van der Waals surface area contributed by atoms with Crippen molar-refractivity contribution in [2.24, 2.45) is 44.1 Å². The van der Waals surface area contributed by atoms with Crippen LogP contribution in [0.2, 0.25) is 0 Å². The second-order valence-corrected chi connectivity index (χ2v) is 25.8. The summed E-state index contributed by atoms with van der Waals surface area (Å²) in [7, 11) is -17.8. The molecule has 6 saturated carbocycles. The van der Waals surface area contributed by atoms with E-state index in [9.17, 15) is 57.0 Å². The van der Waals surface area contributed by atoms with E-state index < -0.39 is 97.2 Å². The number of aliphatic hydroxyl groups excluding tert-OH is 1. The largest absolute Gasteiger partial charge is 0.395 e. The van der Waals surface area contributed by atoms with Gasteiger partial charge in [-0.1, -0.05) is 12.8 Å². The van der Waals surface area contributed by atoms with E-state index in [4.69, 9.17) is 0 Å². The van der Waals surface area contributed by atoms with Crippen LogP contribution in [0.3, 0.4) is 0 Å². The van der Waals surface area contributed by atoms with Crippen molar-refractivity contribution < 1.29 is 57.0 Å². The third kappa shape index (κ3) is 13.0. The third-order valence-corrected chi connectivity index (χ3v) is 20.5. The SMILES string of the molecule is O=S(=O)(O)C1CCCC2C1CC(N=NC1CCC(NC3NC(NCCO)NC(NC4CCC(N=NC5CC6C(CCCC6S(=O)(=O)O)C(S(=O)(=O)O)C5)CC4)N3)CC1)CC2S(=O)(=O)O. The molecule has 0 aromatic rings. The van der Waals surface area contributed by atoms with Crippen LogP contribution >= 0.6 is 0 Å². The Labute approximate surface area is 376 Å². The van der Waals surface area contributed by atoms with Crippen molar-refractivity contribution in [3.63, 3.8) is 0 Å². The molecular weight excluding hydrogens is 921 g/mol. The van der Waals surface area contributed by atoms with E-state index in [1.165, 1.54) is 0 Å². The molecule has 27 heteroatoms. The molecule has 0 amide bonds. The normalized spacial score (nSPS) is 42.0. The van der Waals surface area contributed by atoms with Gasteiger partial charge in [0.05, 0.1) is 51.8 Å². The zero-order chi connectivity index (χ0) is 46.0. The van der Waals surface area contributed by atoms with Crippen LogP contribution in [-0.2, 0) is 40.5 Å². The lowest BCUT2D eigenvalue weighted by atomic mass is 9.69. The second-order valence-electron chi connectivity index (χ2n) is 19.3. The van der Waals surface area contributed by atoms with Crippen LogP contribution in [0.1, 0.15) is 116 Å². The monoisotopic (exact) mass is 988 g/mol. The minimum Gasteiger partial charge on any atom is -0.395 e. The molecule has 7 fully saturated rings. The molecule has 0 aromatic heterocycles. The van der Waals surface area contributed by atoms with Crippen LogP contribution in [0, 0.1) is 23.7 Å². The van der Waals surface area contributed by atoms with Gasteiger partial charge in [-0.15, -0.1) is 0 Å². The van der Waals surface area contributed by atoms with E-state index in [2.05, 4.69) is 52.4 Å². The first-order chi connectivity index (χ1) is 30.2. The van der Waals surface area contributed by atoms with Crippen molar-refractivity contribution in [1.82, 2.24) is 31.9 Å². The summed E-state index contributed by atoms with van der Waals surface area (Å²) in [6, 6.07) is -1.18. The summed E-state index contributed by atoms with van der Waals surface area (Å²) in [6.45, 7) is 0.296. The topological polar surface area (TPSA) is 359 Å². The molecule has 7 rings (SSSR count). The van der Waals surface area contributed by atoms with Crippen LogP contribution in [0.15, 0.2) is 20.5 Å². The van der Waals surface area contributed by atoms with Gasteiger partial charge >= 0.3 is 0 Å². The van der Waals surface area contributed by atoms with Crippen LogP contribution in [0.4, 0.5) is 0 Å². The molecule has 12 atom stereocenters. The lowest BCUT2D eigenvalue weighted by Crippen LogP contribution is -2.78. The number of nitrogens with zero attached hydrogens (tertiary/aromatic N) is 4. The Balaban J connectivity index is 0.885. The fourth-order valence-electron chi connectivity index (χ4n) is 12.1. The van der Waals surface area contributed by atoms with Gasteiger partial charge in [-0.3, -0.25) is 50.1 Å². The average Bonchev–Trinajstić information content (AvgIpc) is 3.22. The molecule has 368 valence electrons. The average molecular weight is 989 g/mol. The van der Waals surface area contributed by atoms with Gasteiger partial charge in [0.2, 0.25) is 0 Å². The van der Waals surface area contributed by atoms with Gasteiger partial charge in [-0.25, -0.2) is 0 Å². The number of rotatable bonds is 15. The number of nitrogens with one attached hydrogen (secondary N) is 6. The van der Waals surface area contributed by atoms with Crippen LogP contribution in [0.5, 0.6) is 0 Å². The Morgan fingerprint density at radius 1 is 0.422 bits per heavy atom. The summed E-state index contributed by atoms with van der Waals surface area (Å²) in [5, 5.41) is 44.1. The Morgan fingerprint density at radius 3 is 1.14 bits per heavy atom. The first-order valence-electron chi connectivity index (χ1n) is 22.9. The summed E-state index contributed by atoms with van der Waals surface area (Å²) in [5.74, 6) is -2.43. The van der Waals surface area contributed by atoms with Gasteiger partial charge in [0.25, 0.3) is 40.5 Å². The predicted octanol–water partition coefficient (Wildman–Crippen LogP) is 1.09. The lowest BCUT2D eigenvalue weighted by molar-refractivity contribution is 0.103. The highest BCUT2D eigenvalue weighted by molar-refractivity contribution is 7.87. The van der Waals surface area contributed by atoms with Crippen LogP contribution in [0.25, 0.3) is 0 Å². The Bertz CT molecular complexity index is 1950. The van der Waals surface area contributed by atoms with E-state index >= 15 is 0 Å². The molecule has 1 saturated heterocycles. The highest BCUT2D eigenvalue weighted by Crippen LogP contribution is 2.48. The molecule has 11 N–H and O–H groups in total. The Morgan fingerprint density at radius 2 is 0.781 bits per heavy atom. The zero-order valence-electron chi connectivity index (χ0n) is 35.9. The molecule has 1 aliphatic heterocycles. The van der Waals surface area contributed by atoms with Gasteiger partial charge in [0.1, 0.15) is 18.9 Å². The molecule has 0 radical (unpaired) electrons. The number of azo groups is 2. The number of fused-ring (bicyclic) bond motifs is 2. The van der Waals surface area contributed by atoms with E-state index in [0.29, 0.717) is 57.9 Å². The van der Waals surface area contributed by atoms with Crippen molar-refractivity contribution >= 4 is 40.5 Å². The van der Waals surface area contributed by atoms with Gasteiger partial charge in [-0.2, -0.15) is 54.1 Å². The molecule has 0 bridgehead atoms. The maximum atomic E-state index is 12.4. The molecule has 6 aliphatic carbocycles. The fraction of sp³-hybridized carbons (Fsp3) is 1.00. The molecule has 23 nitrogen and oxygen atoms in total. The first-order valence-corrected chi connectivity index (χ1v) is 29.0. The van der Waals surface area contributed by atoms with Gasteiger partial charge < -0.3 is 5.11 Å². The molecule has 0 spiro atoms. The zero-order valence-corrected chi connectivity index (χ0v) is 39.1. The highest BCUT2D eigenvalue weighted by atomic mass is 32.2. The first kappa shape index (κ1) is 50.4. The second kappa shape index (κ2) is 21.1. The number of hydrogen-bond acceptors (Lipinski definition) is 19. The van der Waals surface area contributed by atoms with E-state index in [0.717, 1.165) is 25.7 Å². The van der Waals surface area contributed by atoms with Crippen molar-refractivity contribution in [3.05, 3.63) is 0 Å². The standard InChI is InChI=1S/C37H68N10O13S4/c48-16-15-38-35-41-36(39-21-7-11-23(12-8-21)44-46-25-17-29-27(33(19-25)63(55,56)57)3-1-5-31(29)61(49,50)51)43-37(42-35)40-22-9-13-24(14-10-22)45-47-26-18-30-28(34(20-26)64(58,59)60)4-2-6-32(30)62(52,53)54/h21-43,48H,1-20H2,(H,49,50,51)(H,52,53,54)(H,55,56,57)(H,58,59,60). The number of hydrogen-bond donors (Lipinski definition) is 11. The van der Waals surface area contributed by atoms with Crippen molar-refractivity contribution in [1.29, 1.82) is 0 Å². The molecule has 64 heavy (non-hydrogen) atoms. The summed E-state index contributed by atoms with van der Waals surface area (Å²) >= 11 is 0. The number of aliphatic hydroxyl groups is 1. The van der Waals surface area contributed by atoms with Gasteiger partial charge in [0.15, 0.2) is 0 Å². The lowest BCUT2D eigenvalue weighted by Gasteiger charge is -2.44. The summed E-state index contributed by atoms with van der Waals surface area (Å²) in [4.78, 5) is 0. The Hall–Kier alpha value is -1.44. The van der Waals surface area contributed by atoms with Crippen LogP contribution < -0.4 is 31.9 Å². The minimum absolute atomic E-state index is 0.0483. The molecule has 7 aliphatic rings. The smallest absolute Gasteiger partial charge is 0.268 e. The van der Waals surface area contributed by atoms with Crippen LogP contribution in [-0.4, -0.2) is 146 Å². The minimum atomic E-state index is -4.48. The van der Waals surface area contributed by atoms with E-state index in [1.807, 2.05) is 0 Å². The summed E-state index contributed by atoms with van der Waals surface area (Å²) < 4.78 is 138. The molecule has 1 heterocycles. The maximum Gasteiger partial charge on any atom is 0.268 e. The summed E-state index contributed by atoms with van der Waals surface area (Å²) in [5.41, 5.74) is 0. The third-order valence-electron chi connectivity index (χ3n) is 15.1. The highest BCUT2D eigenvalue weighted by Gasteiger charge is 2.52. The van der Waals surface area contributed by atoms with E-state index in [1.54, 1.807) is 0 Å².